The maximum Gasteiger partial charge on any atom is 0.416 e. The fourth-order valence-corrected chi connectivity index (χ4v) is 3.52. The average Bonchev–Trinajstić information content (AvgIpc) is 2.68. The zero-order valence-electron chi connectivity index (χ0n) is 17.0. The zero-order chi connectivity index (χ0) is 21.9. The van der Waals surface area contributed by atoms with Crippen molar-refractivity contribution in [2.75, 3.05) is 19.0 Å². The largest absolute Gasteiger partial charge is 0.496 e. The molecule has 1 aliphatic heterocycles. The summed E-state index contributed by atoms with van der Waals surface area (Å²) in [6.07, 6.45) is -2.84. The predicted molar refractivity (Wildman–Crippen MR) is 112 cm³/mol. The summed E-state index contributed by atoms with van der Waals surface area (Å²) >= 11 is 0. The van der Waals surface area contributed by atoms with Crippen molar-refractivity contribution >= 4 is 24.2 Å². The van der Waals surface area contributed by atoms with Crippen molar-refractivity contribution < 1.29 is 27.8 Å². The SMILES string of the molecule is COc1cc(C(F)(F)F)ccc1-c1nnc(N[C@@H]2CCC(CC(=O)O)NC2)cc1C.Cl. The minimum atomic E-state index is -4.46. The molecule has 0 bridgehead atoms. The van der Waals surface area contributed by atoms with E-state index in [1.54, 1.807) is 13.0 Å². The third-order valence-electron chi connectivity index (χ3n) is 5.06. The maximum absolute atomic E-state index is 13.0. The number of hydrogen-bond donors (Lipinski definition) is 3. The van der Waals surface area contributed by atoms with Crippen molar-refractivity contribution in [1.29, 1.82) is 0 Å². The second-order valence-electron chi connectivity index (χ2n) is 7.30. The highest BCUT2D eigenvalue weighted by molar-refractivity contribution is 5.85. The van der Waals surface area contributed by atoms with Gasteiger partial charge in [0.05, 0.1) is 24.8 Å². The van der Waals surface area contributed by atoms with Gasteiger partial charge in [-0.25, -0.2) is 0 Å². The van der Waals surface area contributed by atoms with E-state index in [1.165, 1.54) is 13.2 Å². The monoisotopic (exact) mass is 460 g/mol. The number of halogens is 4. The molecule has 7 nitrogen and oxygen atoms in total. The summed E-state index contributed by atoms with van der Waals surface area (Å²) in [6, 6.07) is 5.09. The molecule has 2 heterocycles. The topological polar surface area (TPSA) is 96.4 Å². The Labute approximate surface area is 183 Å². The first-order valence-electron chi connectivity index (χ1n) is 9.49. The first-order chi connectivity index (χ1) is 14.2. The van der Waals surface area contributed by atoms with Gasteiger partial charge in [-0.15, -0.1) is 22.6 Å². The Hall–Kier alpha value is -2.59. The molecule has 11 heteroatoms. The highest BCUT2D eigenvalue weighted by Gasteiger charge is 2.31. The van der Waals surface area contributed by atoms with Crippen LogP contribution in [-0.2, 0) is 11.0 Å². The molecular formula is C20H24ClF3N4O3. The lowest BCUT2D eigenvalue weighted by atomic mass is 9.98. The van der Waals surface area contributed by atoms with E-state index >= 15 is 0 Å². The molecule has 1 aromatic heterocycles. The molecule has 0 radical (unpaired) electrons. The number of alkyl halides is 3. The minimum Gasteiger partial charge on any atom is -0.496 e. The van der Waals surface area contributed by atoms with Crippen LogP contribution in [0.1, 0.15) is 30.4 Å². The highest BCUT2D eigenvalue weighted by atomic mass is 35.5. The van der Waals surface area contributed by atoms with Crippen LogP contribution >= 0.6 is 12.4 Å². The number of ether oxygens (including phenoxy) is 1. The van der Waals surface area contributed by atoms with Crippen LogP contribution in [0.3, 0.4) is 0 Å². The number of carboxylic acid groups (broad SMARTS) is 1. The van der Waals surface area contributed by atoms with Crippen molar-refractivity contribution in [1.82, 2.24) is 15.5 Å². The summed E-state index contributed by atoms with van der Waals surface area (Å²) in [5.41, 5.74) is 0.809. The number of hydrogen-bond acceptors (Lipinski definition) is 6. The van der Waals surface area contributed by atoms with Gasteiger partial charge in [0.2, 0.25) is 0 Å². The quantitative estimate of drug-likeness (QED) is 0.601. The lowest BCUT2D eigenvalue weighted by Crippen LogP contribution is -2.45. The Morgan fingerprint density at radius 3 is 2.58 bits per heavy atom. The summed E-state index contributed by atoms with van der Waals surface area (Å²) in [5, 5.41) is 23.7. The highest BCUT2D eigenvalue weighted by Crippen LogP contribution is 2.37. The van der Waals surface area contributed by atoms with Gasteiger partial charge in [0.15, 0.2) is 0 Å². The smallest absolute Gasteiger partial charge is 0.416 e. The summed E-state index contributed by atoms with van der Waals surface area (Å²) in [5.74, 6) is -0.204. The molecule has 3 N–H and O–H groups in total. The van der Waals surface area contributed by atoms with Crippen molar-refractivity contribution in [2.45, 2.75) is 44.4 Å². The van der Waals surface area contributed by atoms with E-state index in [9.17, 15) is 18.0 Å². The van der Waals surface area contributed by atoms with Gasteiger partial charge in [-0.3, -0.25) is 4.79 Å². The second-order valence-corrected chi connectivity index (χ2v) is 7.30. The molecule has 1 unspecified atom stereocenters. The molecule has 0 amide bonds. The molecule has 3 rings (SSSR count). The number of piperidine rings is 1. The molecule has 1 saturated heterocycles. The van der Waals surface area contributed by atoms with Gasteiger partial charge in [-0.2, -0.15) is 13.2 Å². The van der Waals surface area contributed by atoms with Crippen LogP contribution in [-0.4, -0.2) is 47.0 Å². The molecule has 1 aromatic carbocycles. The van der Waals surface area contributed by atoms with Crippen LogP contribution in [0.25, 0.3) is 11.3 Å². The third kappa shape index (κ3) is 6.20. The van der Waals surface area contributed by atoms with Crippen LogP contribution in [0.5, 0.6) is 5.75 Å². The van der Waals surface area contributed by atoms with E-state index in [1.807, 2.05) is 0 Å². The number of carbonyl (C=O) groups is 1. The predicted octanol–water partition coefficient (Wildman–Crippen LogP) is 3.91. The van der Waals surface area contributed by atoms with Gasteiger partial charge in [-0.05, 0) is 49.6 Å². The fraction of sp³-hybridized carbons (Fsp3) is 0.450. The first kappa shape index (κ1) is 24.7. The van der Waals surface area contributed by atoms with Crippen LogP contribution in [0, 0.1) is 6.92 Å². The Kier molecular flexibility index (Phi) is 8.08. The maximum atomic E-state index is 13.0. The van der Waals surface area contributed by atoms with Gasteiger partial charge in [-0.1, -0.05) is 0 Å². The number of aryl methyl sites for hydroxylation is 1. The molecule has 31 heavy (non-hydrogen) atoms. The van der Waals surface area contributed by atoms with E-state index in [-0.39, 0.29) is 36.7 Å². The molecule has 170 valence electrons. The van der Waals surface area contributed by atoms with Crippen LogP contribution in [0.2, 0.25) is 0 Å². The van der Waals surface area contributed by atoms with Gasteiger partial charge >= 0.3 is 12.1 Å². The second kappa shape index (κ2) is 10.1. The zero-order valence-corrected chi connectivity index (χ0v) is 17.8. The number of benzene rings is 1. The summed E-state index contributed by atoms with van der Waals surface area (Å²) < 4.78 is 44.0. The summed E-state index contributed by atoms with van der Waals surface area (Å²) in [7, 11) is 1.31. The molecule has 1 aliphatic rings. The van der Waals surface area contributed by atoms with Gasteiger partial charge in [0.1, 0.15) is 11.6 Å². The van der Waals surface area contributed by atoms with E-state index in [0.717, 1.165) is 30.5 Å². The van der Waals surface area contributed by atoms with Gasteiger partial charge in [0, 0.05) is 24.2 Å². The fourth-order valence-electron chi connectivity index (χ4n) is 3.52. The van der Waals surface area contributed by atoms with Gasteiger partial charge in [0.25, 0.3) is 0 Å². The Balaban J connectivity index is 0.00000341. The summed E-state index contributed by atoms with van der Waals surface area (Å²) in [4.78, 5) is 10.8. The van der Waals surface area contributed by atoms with Crippen molar-refractivity contribution in [3.05, 3.63) is 35.4 Å². The van der Waals surface area contributed by atoms with E-state index in [0.29, 0.717) is 23.6 Å². The molecule has 0 aliphatic carbocycles. The number of methoxy groups -OCH3 is 1. The number of nitrogens with zero attached hydrogens (tertiary/aromatic N) is 2. The van der Waals surface area contributed by atoms with Crippen LogP contribution < -0.4 is 15.4 Å². The Morgan fingerprint density at radius 2 is 2.03 bits per heavy atom. The van der Waals surface area contributed by atoms with Crippen LogP contribution in [0.4, 0.5) is 19.0 Å². The van der Waals surface area contributed by atoms with E-state index < -0.39 is 17.7 Å². The molecule has 1 fully saturated rings. The number of rotatable bonds is 6. The van der Waals surface area contributed by atoms with Gasteiger partial charge < -0.3 is 20.5 Å². The molecule has 0 saturated carbocycles. The lowest BCUT2D eigenvalue weighted by molar-refractivity contribution is -0.138. The standard InChI is InChI=1S/C20H23F3N4O3.ClH/c1-11-7-17(25-14-5-4-13(24-10-14)9-18(28)29)26-27-19(11)15-6-3-12(20(21,22)23)8-16(15)30-2;/h3,6-8,13-14,24H,4-5,9-10H2,1-2H3,(H,25,26)(H,28,29);1H/t13?,14-;/m1./s1. The number of anilines is 1. The van der Waals surface area contributed by atoms with Crippen molar-refractivity contribution in [2.24, 2.45) is 0 Å². The number of carboxylic acids is 1. The Morgan fingerprint density at radius 1 is 1.29 bits per heavy atom. The third-order valence-corrected chi connectivity index (χ3v) is 5.06. The van der Waals surface area contributed by atoms with E-state index in [4.69, 9.17) is 9.84 Å². The molecule has 2 atom stereocenters. The average molecular weight is 461 g/mol. The summed E-state index contributed by atoms with van der Waals surface area (Å²) in [6.45, 7) is 2.40. The Bertz CT molecular complexity index is 919. The lowest BCUT2D eigenvalue weighted by Gasteiger charge is -2.30. The molecular weight excluding hydrogens is 437 g/mol. The van der Waals surface area contributed by atoms with Crippen LogP contribution in [0.15, 0.2) is 24.3 Å². The normalized spacial score (nSPS) is 18.7. The number of nitrogens with one attached hydrogen (secondary N) is 2. The van der Waals surface area contributed by atoms with Crippen molar-refractivity contribution in [3.8, 4) is 17.0 Å². The molecule has 0 spiro atoms. The first-order valence-corrected chi connectivity index (χ1v) is 9.49. The number of aliphatic carboxylic acids is 1. The van der Waals surface area contributed by atoms with Crippen molar-refractivity contribution in [3.63, 3.8) is 0 Å². The molecule has 2 aromatic rings. The minimum absolute atomic E-state index is 0. The van der Waals surface area contributed by atoms with E-state index in [2.05, 4.69) is 20.8 Å². The number of aromatic nitrogens is 2.